The first-order valence-electron chi connectivity index (χ1n) is 8.07. The molecule has 25 heavy (non-hydrogen) atoms. The molecule has 7 heteroatoms. The van der Waals surface area contributed by atoms with Crippen LogP contribution in [0.15, 0.2) is 52.8 Å². The summed E-state index contributed by atoms with van der Waals surface area (Å²) < 4.78 is 26.1. The molecular weight excluding hydrogens is 372 g/mol. The van der Waals surface area contributed by atoms with Crippen LogP contribution in [0.25, 0.3) is 9.40 Å². The maximum atomic E-state index is 11.7. The number of anilines is 1. The quantitative estimate of drug-likeness (QED) is 0.638. The molecule has 3 heterocycles. The van der Waals surface area contributed by atoms with Crippen LogP contribution in [-0.2, 0) is 10.0 Å². The summed E-state index contributed by atoms with van der Waals surface area (Å²) in [6, 6.07) is 9.88. The van der Waals surface area contributed by atoms with Crippen molar-refractivity contribution in [3.8, 4) is 0 Å². The van der Waals surface area contributed by atoms with Crippen molar-refractivity contribution in [2.45, 2.75) is 23.3 Å². The molecule has 3 aromatic rings. The zero-order valence-electron chi connectivity index (χ0n) is 13.2. The zero-order chi connectivity index (χ0) is 17.2. The first-order chi connectivity index (χ1) is 12.0. The fourth-order valence-corrected chi connectivity index (χ4v) is 6.76. The highest BCUT2D eigenvalue weighted by Crippen LogP contribution is 2.51. The molecule has 128 valence electrons. The second-order valence-corrected chi connectivity index (χ2v) is 10.2. The fourth-order valence-electron chi connectivity index (χ4n) is 3.97. The lowest BCUT2D eigenvalue weighted by Gasteiger charge is -2.37. The number of benzene rings is 1. The number of fused-ring (bicyclic) bond motifs is 4. The number of allylic oxidation sites excluding steroid dienone is 2. The molecule has 1 aromatic carbocycles. The third-order valence-electron chi connectivity index (χ3n) is 5.13. The van der Waals surface area contributed by atoms with Gasteiger partial charge in [0.05, 0.1) is 10.9 Å². The maximum absolute atomic E-state index is 11.7. The predicted octanol–water partition coefficient (Wildman–Crippen LogP) is 4.44. The monoisotopic (exact) mass is 388 g/mol. The lowest BCUT2D eigenvalue weighted by molar-refractivity contribution is 0.429. The minimum Gasteiger partial charge on any atom is -0.377 e. The maximum Gasteiger partial charge on any atom is 0.238 e. The Kier molecular flexibility index (Phi) is 3.37. The second kappa shape index (κ2) is 5.41. The lowest BCUT2D eigenvalue weighted by Crippen LogP contribution is -2.28. The average Bonchev–Trinajstić information content (AvgIpc) is 3.28. The van der Waals surface area contributed by atoms with E-state index >= 15 is 0 Å². The molecule has 0 radical (unpaired) electrons. The summed E-state index contributed by atoms with van der Waals surface area (Å²) in [5, 5.41) is 11.1. The van der Waals surface area contributed by atoms with Gasteiger partial charge in [0.25, 0.3) is 0 Å². The van der Waals surface area contributed by atoms with E-state index in [1.54, 1.807) is 23.5 Å². The molecule has 1 aliphatic heterocycles. The normalized spacial score (nSPS) is 24.9. The van der Waals surface area contributed by atoms with Crippen molar-refractivity contribution in [2.24, 2.45) is 11.1 Å². The van der Waals surface area contributed by atoms with E-state index in [-0.39, 0.29) is 16.9 Å². The SMILES string of the molecule is NS(=O)(=O)c1ccc2c(c1)C1C=CCC1C(c1cc3sccc3s1)N2. The van der Waals surface area contributed by atoms with Gasteiger partial charge in [-0.2, -0.15) is 0 Å². The molecule has 3 unspecified atom stereocenters. The van der Waals surface area contributed by atoms with Crippen LogP contribution in [0.4, 0.5) is 5.69 Å². The molecule has 1 aliphatic carbocycles. The van der Waals surface area contributed by atoms with Gasteiger partial charge in [-0.15, -0.1) is 22.7 Å². The van der Waals surface area contributed by atoms with Crippen LogP contribution in [-0.4, -0.2) is 8.42 Å². The van der Waals surface area contributed by atoms with Crippen molar-refractivity contribution < 1.29 is 8.42 Å². The van der Waals surface area contributed by atoms with Gasteiger partial charge >= 0.3 is 0 Å². The number of nitrogens with two attached hydrogens (primary N) is 1. The molecule has 2 aromatic heterocycles. The van der Waals surface area contributed by atoms with E-state index in [4.69, 9.17) is 5.14 Å². The largest absolute Gasteiger partial charge is 0.377 e. The van der Waals surface area contributed by atoms with Gasteiger partial charge in [-0.1, -0.05) is 12.2 Å². The topological polar surface area (TPSA) is 72.2 Å². The third-order valence-corrected chi connectivity index (χ3v) is 8.22. The molecule has 0 saturated heterocycles. The summed E-state index contributed by atoms with van der Waals surface area (Å²) in [6.07, 6.45) is 5.41. The van der Waals surface area contributed by atoms with Crippen molar-refractivity contribution in [3.63, 3.8) is 0 Å². The molecule has 3 N–H and O–H groups in total. The Bertz CT molecular complexity index is 1080. The van der Waals surface area contributed by atoms with Crippen molar-refractivity contribution >= 4 is 47.8 Å². The number of sulfonamides is 1. The Morgan fingerprint density at radius 1 is 1.16 bits per heavy atom. The molecule has 0 fully saturated rings. The first kappa shape index (κ1) is 15.6. The van der Waals surface area contributed by atoms with Gasteiger partial charge in [0, 0.05) is 25.9 Å². The molecule has 0 amide bonds. The Morgan fingerprint density at radius 2 is 2.04 bits per heavy atom. The van der Waals surface area contributed by atoms with Crippen LogP contribution in [0.3, 0.4) is 0 Å². The van der Waals surface area contributed by atoms with E-state index in [0.29, 0.717) is 5.92 Å². The summed E-state index contributed by atoms with van der Waals surface area (Å²) >= 11 is 3.62. The van der Waals surface area contributed by atoms with Crippen LogP contribution in [0.1, 0.15) is 28.8 Å². The highest BCUT2D eigenvalue weighted by atomic mass is 32.2. The summed E-state index contributed by atoms with van der Waals surface area (Å²) in [6.45, 7) is 0. The van der Waals surface area contributed by atoms with Gasteiger partial charge in [0.1, 0.15) is 0 Å². The molecule has 2 aliphatic rings. The van der Waals surface area contributed by atoms with E-state index in [2.05, 4.69) is 35.0 Å². The molecular formula is C18H16N2O2S3. The van der Waals surface area contributed by atoms with Crippen LogP contribution < -0.4 is 10.5 Å². The van der Waals surface area contributed by atoms with Gasteiger partial charge < -0.3 is 5.32 Å². The van der Waals surface area contributed by atoms with Gasteiger partial charge in [-0.05, 0) is 53.6 Å². The fraction of sp³-hybridized carbons (Fsp3) is 0.222. The van der Waals surface area contributed by atoms with Crippen LogP contribution in [0, 0.1) is 5.92 Å². The minimum atomic E-state index is -3.69. The van der Waals surface area contributed by atoms with Crippen molar-refractivity contribution in [2.75, 3.05) is 5.32 Å². The highest BCUT2D eigenvalue weighted by Gasteiger charge is 2.39. The van der Waals surface area contributed by atoms with Crippen LogP contribution >= 0.6 is 22.7 Å². The van der Waals surface area contributed by atoms with E-state index in [9.17, 15) is 8.42 Å². The lowest BCUT2D eigenvalue weighted by atomic mass is 9.79. The Labute approximate surface area is 154 Å². The summed E-state index contributed by atoms with van der Waals surface area (Å²) in [5.74, 6) is 0.624. The van der Waals surface area contributed by atoms with E-state index in [1.165, 1.54) is 14.3 Å². The van der Waals surface area contributed by atoms with Gasteiger partial charge in [-0.25, -0.2) is 13.6 Å². The molecule has 3 atom stereocenters. The number of hydrogen-bond acceptors (Lipinski definition) is 5. The number of hydrogen-bond donors (Lipinski definition) is 2. The van der Waals surface area contributed by atoms with Gasteiger partial charge in [0.2, 0.25) is 10.0 Å². The Morgan fingerprint density at radius 3 is 2.84 bits per heavy atom. The second-order valence-electron chi connectivity index (χ2n) is 6.57. The summed E-state index contributed by atoms with van der Waals surface area (Å²) in [4.78, 5) is 1.53. The molecule has 0 saturated carbocycles. The summed E-state index contributed by atoms with van der Waals surface area (Å²) in [7, 11) is -3.69. The van der Waals surface area contributed by atoms with E-state index < -0.39 is 10.0 Å². The third kappa shape index (κ3) is 2.45. The number of rotatable bonds is 2. The van der Waals surface area contributed by atoms with Gasteiger partial charge in [0.15, 0.2) is 0 Å². The average molecular weight is 389 g/mol. The number of thiophene rings is 2. The Hall–Kier alpha value is -1.67. The van der Waals surface area contributed by atoms with E-state index in [1.807, 2.05) is 17.4 Å². The standard InChI is InChI=1S/C18H16N2O2S3/c19-25(21,22)10-4-5-14-13(8-10)11-2-1-3-12(11)18(20-14)17-9-16-15(24-17)6-7-23-16/h1-2,4-9,11-12,18,20H,3H2,(H2,19,21,22). The summed E-state index contributed by atoms with van der Waals surface area (Å²) in [5.41, 5.74) is 2.03. The van der Waals surface area contributed by atoms with Crippen LogP contribution in [0.2, 0.25) is 0 Å². The predicted molar refractivity (Wildman–Crippen MR) is 104 cm³/mol. The molecule has 5 rings (SSSR count). The highest BCUT2D eigenvalue weighted by molar-refractivity contribution is 7.89. The molecule has 0 spiro atoms. The van der Waals surface area contributed by atoms with Crippen molar-refractivity contribution in [1.82, 2.24) is 0 Å². The minimum absolute atomic E-state index is 0.183. The number of nitrogens with one attached hydrogen (secondary N) is 1. The van der Waals surface area contributed by atoms with Crippen molar-refractivity contribution in [3.05, 3.63) is 58.3 Å². The van der Waals surface area contributed by atoms with Crippen molar-refractivity contribution in [1.29, 1.82) is 0 Å². The first-order valence-corrected chi connectivity index (χ1v) is 11.3. The number of primary sulfonamides is 1. The smallest absolute Gasteiger partial charge is 0.238 e. The molecule has 0 bridgehead atoms. The van der Waals surface area contributed by atoms with Crippen LogP contribution in [0.5, 0.6) is 0 Å². The van der Waals surface area contributed by atoms with E-state index in [0.717, 1.165) is 17.7 Å². The zero-order valence-corrected chi connectivity index (χ0v) is 15.6. The van der Waals surface area contributed by atoms with Gasteiger partial charge in [-0.3, -0.25) is 0 Å². The Balaban J connectivity index is 1.61. The molecule has 4 nitrogen and oxygen atoms in total.